The first kappa shape index (κ1) is 21.9. The van der Waals surface area contributed by atoms with Crippen molar-refractivity contribution in [2.45, 2.75) is 32.2 Å². The SMILES string of the molecule is Cc1nc(-c2ccc3c(c2)CCO3)sc1C(=O)Nc1ccc(F)c(C2(C)CCSC(N)=N2)c1. The van der Waals surface area contributed by atoms with Gasteiger partial charge in [-0.1, -0.05) is 11.8 Å². The van der Waals surface area contributed by atoms with Gasteiger partial charge in [0.2, 0.25) is 0 Å². The number of aryl methyl sites for hydroxylation is 1. The van der Waals surface area contributed by atoms with Gasteiger partial charge in [0.25, 0.3) is 5.91 Å². The van der Waals surface area contributed by atoms with Crippen molar-refractivity contribution in [3.05, 3.63) is 63.9 Å². The number of thioether (sulfide) groups is 1. The molecule has 3 aromatic rings. The van der Waals surface area contributed by atoms with Crippen LogP contribution in [-0.2, 0) is 12.0 Å². The Kier molecular flexibility index (Phi) is 5.62. The minimum atomic E-state index is -0.759. The van der Waals surface area contributed by atoms with Crippen LogP contribution in [0, 0.1) is 12.7 Å². The first-order valence-electron chi connectivity index (χ1n) is 10.7. The van der Waals surface area contributed by atoms with Crippen molar-refractivity contribution in [1.29, 1.82) is 0 Å². The van der Waals surface area contributed by atoms with Crippen molar-refractivity contribution in [3.63, 3.8) is 0 Å². The second kappa shape index (κ2) is 8.46. The number of fused-ring (bicyclic) bond motifs is 1. The number of thiazole rings is 1. The number of amidine groups is 1. The van der Waals surface area contributed by atoms with Crippen LogP contribution in [0.3, 0.4) is 0 Å². The van der Waals surface area contributed by atoms with Gasteiger partial charge in [-0.2, -0.15) is 0 Å². The molecule has 2 aliphatic rings. The van der Waals surface area contributed by atoms with Crippen LogP contribution < -0.4 is 15.8 Å². The number of carbonyl (C=O) groups excluding carboxylic acids is 1. The lowest BCUT2D eigenvalue weighted by Gasteiger charge is -2.30. The number of anilines is 1. The first-order valence-corrected chi connectivity index (χ1v) is 12.5. The Morgan fingerprint density at radius 3 is 2.94 bits per heavy atom. The van der Waals surface area contributed by atoms with Crippen molar-refractivity contribution in [1.82, 2.24) is 4.98 Å². The summed E-state index contributed by atoms with van der Waals surface area (Å²) in [5.41, 5.74) is 8.84. The third-order valence-electron chi connectivity index (χ3n) is 5.94. The molecule has 3 heterocycles. The number of ether oxygens (including phenoxy) is 1. The van der Waals surface area contributed by atoms with Crippen LogP contribution in [0.5, 0.6) is 5.75 Å². The van der Waals surface area contributed by atoms with E-state index in [0.717, 1.165) is 34.1 Å². The van der Waals surface area contributed by atoms with Crippen molar-refractivity contribution in [2.75, 3.05) is 17.7 Å². The monoisotopic (exact) mass is 482 g/mol. The molecule has 1 aromatic heterocycles. The lowest BCUT2D eigenvalue weighted by atomic mass is 9.89. The Morgan fingerprint density at radius 2 is 2.12 bits per heavy atom. The molecule has 9 heteroatoms. The fourth-order valence-electron chi connectivity index (χ4n) is 4.13. The molecular weight excluding hydrogens is 459 g/mol. The Hall–Kier alpha value is -2.91. The lowest BCUT2D eigenvalue weighted by Crippen LogP contribution is -2.29. The van der Waals surface area contributed by atoms with E-state index in [4.69, 9.17) is 10.5 Å². The molecule has 0 radical (unpaired) electrons. The first-order chi connectivity index (χ1) is 15.8. The predicted octanol–water partition coefficient (Wildman–Crippen LogP) is 5.11. The summed E-state index contributed by atoms with van der Waals surface area (Å²) in [7, 11) is 0. The highest BCUT2D eigenvalue weighted by Crippen LogP contribution is 2.38. The molecule has 6 nitrogen and oxygen atoms in total. The topological polar surface area (TPSA) is 89.6 Å². The number of amides is 1. The molecule has 2 aliphatic heterocycles. The Bertz CT molecular complexity index is 1290. The van der Waals surface area contributed by atoms with E-state index in [9.17, 15) is 9.18 Å². The summed E-state index contributed by atoms with van der Waals surface area (Å²) in [6, 6.07) is 10.6. The zero-order chi connectivity index (χ0) is 23.2. The number of aromatic nitrogens is 1. The number of nitrogens with two attached hydrogens (primary N) is 1. The zero-order valence-electron chi connectivity index (χ0n) is 18.3. The van der Waals surface area contributed by atoms with Gasteiger partial charge in [0.15, 0.2) is 5.17 Å². The molecular formula is C24H23FN4O2S2. The number of nitrogens with one attached hydrogen (secondary N) is 1. The Balaban J connectivity index is 1.40. The van der Waals surface area contributed by atoms with E-state index in [-0.39, 0.29) is 11.7 Å². The summed E-state index contributed by atoms with van der Waals surface area (Å²) in [5, 5.41) is 4.13. The molecule has 1 atom stereocenters. The maximum Gasteiger partial charge on any atom is 0.267 e. The summed E-state index contributed by atoms with van der Waals surface area (Å²) in [6.07, 6.45) is 1.54. The number of hydrogen-bond acceptors (Lipinski definition) is 7. The summed E-state index contributed by atoms with van der Waals surface area (Å²) < 4.78 is 20.3. The number of aliphatic imine (C=N–C) groups is 1. The number of rotatable bonds is 4. The van der Waals surface area contributed by atoms with E-state index in [1.54, 1.807) is 12.1 Å². The van der Waals surface area contributed by atoms with Crippen LogP contribution in [0.1, 0.15) is 39.8 Å². The highest BCUT2D eigenvalue weighted by molar-refractivity contribution is 8.13. The summed E-state index contributed by atoms with van der Waals surface area (Å²) in [6.45, 7) is 4.38. The molecule has 0 saturated carbocycles. The summed E-state index contributed by atoms with van der Waals surface area (Å²) in [5.74, 6) is 1.04. The number of benzene rings is 2. The molecule has 0 spiro atoms. The number of nitrogens with zero attached hydrogens (tertiary/aromatic N) is 2. The standard InChI is InChI=1S/C24H23FN4O2S2/c1-13-20(33-22(27-13)15-3-6-19-14(11-15)7-9-31-19)21(30)28-16-4-5-18(25)17(12-16)24(2)8-10-32-23(26)29-24/h3-6,11-12H,7-10H2,1-2H3,(H2,26,29)(H,28,30). The molecule has 33 heavy (non-hydrogen) atoms. The fourth-order valence-corrected chi connectivity index (χ4v) is 6.07. The molecule has 1 unspecified atom stereocenters. The van der Waals surface area contributed by atoms with Crippen LogP contribution >= 0.6 is 23.1 Å². The minimum absolute atomic E-state index is 0.273. The van der Waals surface area contributed by atoms with Gasteiger partial charge in [-0.05, 0) is 62.2 Å². The molecule has 2 aromatic carbocycles. The van der Waals surface area contributed by atoms with Crippen molar-refractivity contribution >= 4 is 39.9 Å². The average molecular weight is 483 g/mol. The van der Waals surface area contributed by atoms with Gasteiger partial charge < -0.3 is 15.8 Å². The molecule has 0 saturated heterocycles. The summed E-state index contributed by atoms with van der Waals surface area (Å²) >= 11 is 2.81. The van der Waals surface area contributed by atoms with E-state index in [2.05, 4.69) is 21.4 Å². The third kappa shape index (κ3) is 4.22. The molecule has 3 N–H and O–H groups in total. The molecule has 170 valence electrons. The second-order valence-corrected chi connectivity index (χ2v) is 10.4. The van der Waals surface area contributed by atoms with Crippen LogP contribution in [0.25, 0.3) is 10.6 Å². The third-order valence-corrected chi connectivity index (χ3v) is 7.94. The lowest BCUT2D eigenvalue weighted by molar-refractivity contribution is 0.102. The van der Waals surface area contributed by atoms with E-state index in [1.165, 1.54) is 29.2 Å². The zero-order valence-corrected chi connectivity index (χ0v) is 19.9. The maximum atomic E-state index is 14.7. The van der Waals surface area contributed by atoms with Crippen molar-refractivity contribution in [2.24, 2.45) is 10.7 Å². The minimum Gasteiger partial charge on any atom is -0.493 e. The number of hydrogen-bond donors (Lipinski definition) is 2. The van der Waals surface area contributed by atoms with Gasteiger partial charge in [0, 0.05) is 29.0 Å². The van der Waals surface area contributed by atoms with E-state index >= 15 is 0 Å². The highest BCUT2D eigenvalue weighted by atomic mass is 32.2. The Morgan fingerprint density at radius 1 is 1.27 bits per heavy atom. The number of carbonyl (C=O) groups is 1. The van der Waals surface area contributed by atoms with E-state index in [0.29, 0.717) is 40.0 Å². The van der Waals surface area contributed by atoms with E-state index < -0.39 is 5.54 Å². The number of halogens is 1. The summed E-state index contributed by atoms with van der Waals surface area (Å²) in [4.78, 5) is 22.7. The van der Waals surface area contributed by atoms with Crippen LogP contribution in [-0.4, -0.2) is 28.4 Å². The second-order valence-electron chi connectivity index (χ2n) is 8.33. The van der Waals surface area contributed by atoms with Crippen molar-refractivity contribution in [3.8, 4) is 16.3 Å². The van der Waals surface area contributed by atoms with Crippen LogP contribution in [0.15, 0.2) is 41.4 Å². The van der Waals surface area contributed by atoms with Crippen LogP contribution in [0.4, 0.5) is 10.1 Å². The molecule has 0 bridgehead atoms. The average Bonchev–Trinajstić information content (AvgIpc) is 3.40. The smallest absolute Gasteiger partial charge is 0.267 e. The van der Waals surface area contributed by atoms with Gasteiger partial charge in [-0.25, -0.2) is 9.37 Å². The molecule has 0 fully saturated rings. The Labute approximate surface area is 199 Å². The van der Waals surface area contributed by atoms with Gasteiger partial charge in [0.1, 0.15) is 21.5 Å². The highest BCUT2D eigenvalue weighted by Gasteiger charge is 2.32. The van der Waals surface area contributed by atoms with Crippen LogP contribution in [0.2, 0.25) is 0 Å². The largest absolute Gasteiger partial charge is 0.493 e. The van der Waals surface area contributed by atoms with Gasteiger partial charge in [-0.15, -0.1) is 11.3 Å². The normalized spacial score (nSPS) is 19.5. The van der Waals surface area contributed by atoms with E-state index in [1.807, 2.05) is 26.0 Å². The van der Waals surface area contributed by atoms with Gasteiger partial charge in [-0.3, -0.25) is 9.79 Å². The maximum absolute atomic E-state index is 14.7. The van der Waals surface area contributed by atoms with Gasteiger partial charge in [0.05, 0.1) is 17.8 Å². The van der Waals surface area contributed by atoms with Crippen molar-refractivity contribution < 1.29 is 13.9 Å². The molecule has 0 aliphatic carbocycles. The quantitative estimate of drug-likeness (QED) is 0.539. The predicted molar refractivity (Wildman–Crippen MR) is 132 cm³/mol. The van der Waals surface area contributed by atoms with Gasteiger partial charge >= 0.3 is 0 Å². The fraction of sp³-hybridized carbons (Fsp3) is 0.292. The molecule has 1 amide bonds. The molecule has 5 rings (SSSR count).